The molecule has 1 fully saturated rings. The third-order valence-electron chi connectivity index (χ3n) is 1.35. The van der Waals surface area contributed by atoms with E-state index in [4.69, 9.17) is 10.6 Å². The quantitative estimate of drug-likeness (QED) is 0.331. The maximum Gasteiger partial charge on any atom is 0.407 e. The van der Waals surface area contributed by atoms with E-state index in [1.165, 1.54) is 4.90 Å². The minimum Gasteiger partial charge on any atom is -0.465 e. The van der Waals surface area contributed by atoms with Gasteiger partial charge in [-0.3, -0.25) is 0 Å². The first-order valence-electron chi connectivity index (χ1n) is 2.76. The van der Waals surface area contributed by atoms with E-state index in [-0.39, 0.29) is 6.04 Å². The molecule has 0 aliphatic carbocycles. The van der Waals surface area contributed by atoms with Crippen molar-refractivity contribution in [1.29, 1.82) is 0 Å². The number of rotatable bonds is 1. The number of amides is 1. The fourth-order valence-electron chi connectivity index (χ4n) is 0.758. The highest BCUT2D eigenvalue weighted by Gasteiger charge is 2.28. The summed E-state index contributed by atoms with van der Waals surface area (Å²) in [6, 6.07) is -0.152. The first kappa shape index (κ1) is 6.70. The summed E-state index contributed by atoms with van der Waals surface area (Å²) in [5.74, 6) is 0. The van der Waals surface area contributed by atoms with E-state index in [2.05, 4.69) is 10.0 Å². The summed E-state index contributed by atoms with van der Waals surface area (Å²) in [6.45, 7) is 0.665. The standard InChI is InChI=1S/C4H6N4O2/c5-7-6-3-1-8(2-3)4(9)10/h3H,1-2H2,(H,9,10). The minimum atomic E-state index is -0.954. The fraction of sp³-hybridized carbons (Fsp3) is 0.750. The van der Waals surface area contributed by atoms with Crippen LogP contribution < -0.4 is 0 Å². The normalized spacial score (nSPS) is 17.4. The van der Waals surface area contributed by atoms with Crippen molar-refractivity contribution in [1.82, 2.24) is 4.90 Å². The minimum absolute atomic E-state index is 0.152. The Balaban J connectivity index is 2.30. The second-order valence-corrected chi connectivity index (χ2v) is 2.05. The van der Waals surface area contributed by atoms with Crippen LogP contribution in [0.2, 0.25) is 0 Å². The lowest BCUT2D eigenvalue weighted by atomic mass is 10.1. The highest BCUT2D eigenvalue weighted by atomic mass is 16.4. The van der Waals surface area contributed by atoms with E-state index in [9.17, 15) is 4.79 Å². The van der Waals surface area contributed by atoms with Crippen molar-refractivity contribution < 1.29 is 9.90 Å². The van der Waals surface area contributed by atoms with Gasteiger partial charge in [-0.1, -0.05) is 5.11 Å². The van der Waals surface area contributed by atoms with Gasteiger partial charge in [-0.25, -0.2) is 4.79 Å². The largest absolute Gasteiger partial charge is 0.465 e. The molecule has 0 saturated carbocycles. The van der Waals surface area contributed by atoms with Gasteiger partial charge in [0.15, 0.2) is 0 Å². The van der Waals surface area contributed by atoms with Crippen molar-refractivity contribution in [3.8, 4) is 0 Å². The molecule has 1 saturated heterocycles. The van der Waals surface area contributed by atoms with Crippen LogP contribution in [0.3, 0.4) is 0 Å². The van der Waals surface area contributed by atoms with Crippen LogP contribution in [0.5, 0.6) is 0 Å². The number of nitrogens with zero attached hydrogens (tertiary/aromatic N) is 4. The molecule has 1 heterocycles. The second kappa shape index (κ2) is 2.45. The zero-order valence-corrected chi connectivity index (χ0v) is 5.14. The maximum atomic E-state index is 10.1. The van der Waals surface area contributed by atoms with Crippen LogP contribution in [0, 0.1) is 0 Å². The van der Waals surface area contributed by atoms with E-state index >= 15 is 0 Å². The van der Waals surface area contributed by atoms with E-state index < -0.39 is 6.09 Å². The number of hydrogen-bond donors (Lipinski definition) is 1. The highest BCUT2D eigenvalue weighted by Crippen LogP contribution is 2.10. The Morgan fingerprint density at radius 3 is 2.80 bits per heavy atom. The molecule has 1 N–H and O–H groups in total. The molecule has 0 unspecified atom stereocenters. The molecule has 0 aromatic carbocycles. The van der Waals surface area contributed by atoms with Crippen LogP contribution in [0.1, 0.15) is 0 Å². The fourth-order valence-corrected chi connectivity index (χ4v) is 0.758. The van der Waals surface area contributed by atoms with Crippen molar-refractivity contribution >= 4 is 6.09 Å². The van der Waals surface area contributed by atoms with E-state index in [0.29, 0.717) is 13.1 Å². The number of hydrogen-bond acceptors (Lipinski definition) is 2. The third-order valence-corrected chi connectivity index (χ3v) is 1.35. The van der Waals surface area contributed by atoms with Crippen molar-refractivity contribution in [3.05, 3.63) is 10.4 Å². The monoisotopic (exact) mass is 142 g/mol. The van der Waals surface area contributed by atoms with Gasteiger partial charge >= 0.3 is 6.09 Å². The van der Waals surface area contributed by atoms with Crippen molar-refractivity contribution in [3.63, 3.8) is 0 Å². The smallest absolute Gasteiger partial charge is 0.407 e. The van der Waals surface area contributed by atoms with Crippen LogP contribution in [-0.4, -0.2) is 35.2 Å². The average molecular weight is 142 g/mol. The van der Waals surface area contributed by atoms with Gasteiger partial charge in [-0.2, -0.15) is 0 Å². The molecule has 1 rings (SSSR count). The molecule has 0 atom stereocenters. The molecular formula is C4H6N4O2. The van der Waals surface area contributed by atoms with Gasteiger partial charge in [0.2, 0.25) is 0 Å². The molecule has 0 spiro atoms. The van der Waals surface area contributed by atoms with Crippen LogP contribution >= 0.6 is 0 Å². The summed E-state index contributed by atoms with van der Waals surface area (Å²) in [7, 11) is 0. The average Bonchev–Trinajstić information content (AvgIpc) is 1.76. The zero-order chi connectivity index (χ0) is 7.56. The number of likely N-dealkylation sites (tertiary alicyclic amines) is 1. The van der Waals surface area contributed by atoms with Crippen LogP contribution in [0.4, 0.5) is 4.79 Å². The lowest BCUT2D eigenvalue weighted by Crippen LogP contribution is -2.51. The maximum absolute atomic E-state index is 10.1. The van der Waals surface area contributed by atoms with Gasteiger partial charge < -0.3 is 10.0 Å². The first-order valence-corrected chi connectivity index (χ1v) is 2.76. The Labute approximate surface area is 56.7 Å². The van der Waals surface area contributed by atoms with Gasteiger partial charge in [0.25, 0.3) is 0 Å². The summed E-state index contributed by atoms with van der Waals surface area (Å²) in [6.07, 6.45) is -0.954. The SMILES string of the molecule is [N-]=[N+]=NC1CN(C(=O)O)C1. The Hall–Kier alpha value is -1.42. The van der Waals surface area contributed by atoms with E-state index in [0.717, 1.165) is 0 Å². The van der Waals surface area contributed by atoms with Crippen molar-refractivity contribution in [2.75, 3.05) is 13.1 Å². The predicted octanol–water partition coefficient (Wildman–Crippen LogP) is 0.659. The van der Waals surface area contributed by atoms with Gasteiger partial charge in [0.05, 0.1) is 6.04 Å². The van der Waals surface area contributed by atoms with Crippen LogP contribution in [-0.2, 0) is 0 Å². The molecule has 0 aromatic rings. The van der Waals surface area contributed by atoms with Gasteiger partial charge in [0.1, 0.15) is 0 Å². The molecule has 6 nitrogen and oxygen atoms in total. The predicted molar refractivity (Wildman–Crippen MR) is 32.5 cm³/mol. The Kier molecular flexibility index (Phi) is 1.64. The molecule has 0 aromatic heterocycles. The van der Waals surface area contributed by atoms with Gasteiger partial charge in [-0.15, -0.1) is 0 Å². The summed E-state index contributed by atoms with van der Waals surface area (Å²) < 4.78 is 0. The van der Waals surface area contributed by atoms with E-state index in [1.54, 1.807) is 0 Å². The highest BCUT2D eigenvalue weighted by molar-refractivity contribution is 5.66. The number of carbonyl (C=O) groups is 1. The number of azide groups is 1. The second-order valence-electron chi connectivity index (χ2n) is 2.05. The molecule has 1 amide bonds. The zero-order valence-electron chi connectivity index (χ0n) is 5.14. The van der Waals surface area contributed by atoms with E-state index in [1.807, 2.05) is 0 Å². The first-order chi connectivity index (χ1) is 4.74. The molecule has 0 radical (unpaired) electrons. The van der Waals surface area contributed by atoms with Gasteiger partial charge in [0, 0.05) is 18.0 Å². The number of carboxylic acid groups (broad SMARTS) is 1. The topological polar surface area (TPSA) is 89.3 Å². The molecule has 1 aliphatic heterocycles. The third kappa shape index (κ3) is 1.11. The van der Waals surface area contributed by atoms with Crippen LogP contribution in [0.15, 0.2) is 5.11 Å². The molecule has 54 valence electrons. The lowest BCUT2D eigenvalue weighted by Gasteiger charge is -2.33. The molecule has 6 heteroatoms. The Bertz CT molecular complexity index is 185. The van der Waals surface area contributed by atoms with Gasteiger partial charge in [-0.05, 0) is 5.53 Å². The summed E-state index contributed by atoms with van der Waals surface area (Å²) in [5.41, 5.74) is 7.92. The molecule has 10 heavy (non-hydrogen) atoms. The molecular weight excluding hydrogens is 136 g/mol. The molecule has 1 aliphatic rings. The van der Waals surface area contributed by atoms with Crippen LogP contribution in [0.25, 0.3) is 10.4 Å². The summed E-state index contributed by atoms with van der Waals surface area (Å²) in [4.78, 5) is 13.9. The Morgan fingerprint density at radius 1 is 1.80 bits per heavy atom. The van der Waals surface area contributed by atoms with Crippen molar-refractivity contribution in [2.45, 2.75) is 6.04 Å². The Morgan fingerprint density at radius 2 is 2.40 bits per heavy atom. The lowest BCUT2D eigenvalue weighted by molar-refractivity contribution is 0.107. The molecule has 0 bridgehead atoms. The summed E-state index contributed by atoms with van der Waals surface area (Å²) >= 11 is 0. The summed E-state index contributed by atoms with van der Waals surface area (Å²) in [5, 5.41) is 11.6. The van der Waals surface area contributed by atoms with Crippen molar-refractivity contribution in [2.24, 2.45) is 5.11 Å².